The van der Waals surface area contributed by atoms with Crippen LogP contribution in [0.25, 0.3) is 11.3 Å². The number of rotatable bonds is 6. The minimum atomic E-state index is -0.740. The zero-order valence-corrected chi connectivity index (χ0v) is 15.2. The van der Waals surface area contributed by atoms with Crippen molar-refractivity contribution in [3.05, 3.63) is 33.8 Å². The molecule has 0 bridgehead atoms. The van der Waals surface area contributed by atoms with Crippen LogP contribution in [0.5, 0.6) is 0 Å². The molecule has 2 aromatic rings. The Kier molecular flexibility index (Phi) is 6.66. The van der Waals surface area contributed by atoms with Crippen molar-refractivity contribution in [1.29, 1.82) is 0 Å². The number of ether oxygens (including phenoxy) is 1. The number of urea groups is 1. The summed E-state index contributed by atoms with van der Waals surface area (Å²) in [6.07, 6.45) is 1.76. The number of benzene rings is 1. The van der Waals surface area contributed by atoms with Crippen molar-refractivity contribution in [3.8, 4) is 11.3 Å². The lowest BCUT2D eigenvalue weighted by Gasteiger charge is -2.07. The smallest absolute Gasteiger partial charge is 0.345 e. The van der Waals surface area contributed by atoms with Gasteiger partial charge < -0.3 is 14.6 Å². The molecule has 1 heterocycles. The van der Waals surface area contributed by atoms with E-state index in [4.69, 9.17) is 32.5 Å². The third-order valence-corrected chi connectivity index (χ3v) is 3.95. The summed E-state index contributed by atoms with van der Waals surface area (Å²) in [5, 5.41) is 9.50. The molecule has 0 unspecified atom stereocenters. The van der Waals surface area contributed by atoms with Gasteiger partial charge in [-0.3, -0.25) is 5.32 Å². The van der Waals surface area contributed by atoms with Crippen LogP contribution in [0, 0.1) is 0 Å². The largest absolute Gasteiger partial charge is 0.465 e. The van der Waals surface area contributed by atoms with Crippen LogP contribution in [0.15, 0.2) is 22.7 Å². The molecule has 0 radical (unpaired) electrons. The maximum Gasteiger partial charge on any atom is 0.345 e. The van der Waals surface area contributed by atoms with E-state index in [1.165, 1.54) is 7.11 Å². The second kappa shape index (κ2) is 8.73. The standard InChI is InChI=1S/C16H17Cl2N3O4/c1-3-4-8-19-16(23)20-14-12(15(22)24-2)13(21-25-14)11-9(17)6-5-7-10(11)18/h5-7H,3-4,8H2,1-2H3,(H2,19,20,23). The number of carbonyl (C=O) groups is 2. The molecule has 0 fully saturated rings. The molecule has 0 saturated carbocycles. The normalized spacial score (nSPS) is 10.4. The number of aromatic nitrogens is 1. The fourth-order valence-electron chi connectivity index (χ4n) is 2.09. The van der Waals surface area contributed by atoms with E-state index in [1.807, 2.05) is 6.92 Å². The van der Waals surface area contributed by atoms with Crippen LogP contribution in [0.4, 0.5) is 10.7 Å². The fourth-order valence-corrected chi connectivity index (χ4v) is 2.66. The van der Waals surface area contributed by atoms with Gasteiger partial charge in [0.1, 0.15) is 5.69 Å². The van der Waals surface area contributed by atoms with E-state index in [0.717, 1.165) is 12.8 Å². The molecule has 0 saturated heterocycles. The zero-order valence-electron chi connectivity index (χ0n) is 13.7. The first-order valence-electron chi connectivity index (χ1n) is 7.56. The van der Waals surface area contributed by atoms with Crippen molar-refractivity contribution in [2.24, 2.45) is 0 Å². The van der Waals surface area contributed by atoms with Crippen molar-refractivity contribution in [2.75, 3.05) is 19.0 Å². The van der Waals surface area contributed by atoms with Crippen molar-refractivity contribution >= 4 is 41.1 Å². The molecule has 0 aliphatic rings. The first kappa shape index (κ1) is 19.1. The van der Waals surface area contributed by atoms with Gasteiger partial charge in [0, 0.05) is 12.1 Å². The van der Waals surface area contributed by atoms with Crippen molar-refractivity contribution in [3.63, 3.8) is 0 Å². The van der Waals surface area contributed by atoms with E-state index >= 15 is 0 Å². The van der Waals surface area contributed by atoms with Crippen LogP contribution < -0.4 is 10.6 Å². The number of anilines is 1. The molecular formula is C16H17Cl2N3O4. The first-order chi connectivity index (χ1) is 12.0. The molecule has 2 rings (SSSR count). The molecule has 2 amide bonds. The van der Waals surface area contributed by atoms with E-state index in [9.17, 15) is 9.59 Å². The second-order valence-electron chi connectivity index (χ2n) is 5.06. The molecule has 134 valence electrons. The van der Waals surface area contributed by atoms with Crippen molar-refractivity contribution < 1.29 is 18.8 Å². The monoisotopic (exact) mass is 385 g/mol. The molecule has 1 aromatic carbocycles. The predicted octanol–water partition coefficient (Wildman–Crippen LogP) is 4.36. The summed E-state index contributed by atoms with van der Waals surface area (Å²) in [6.45, 7) is 2.50. The zero-order chi connectivity index (χ0) is 18.4. The third kappa shape index (κ3) is 4.43. The molecule has 9 heteroatoms. The average Bonchev–Trinajstić information content (AvgIpc) is 2.97. The summed E-state index contributed by atoms with van der Waals surface area (Å²) < 4.78 is 9.88. The molecule has 0 aliphatic carbocycles. The highest BCUT2D eigenvalue weighted by atomic mass is 35.5. The Bertz CT molecular complexity index is 756. The number of esters is 1. The van der Waals surface area contributed by atoms with Gasteiger partial charge in [0.2, 0.25) is 5.88 Å². The summed E-state index contributed by atoms with van der Waals surface area (Å²) >= 11 is 12.3. The van der Waals surface area contributed by atoms with Crippen LogP contribution in [-0.2, 0) is 4.74 Å². The summed E-state index contributed by atoms with van der Waals surface area (Å²) in [4.78, 5) is 24.1. The van der Waals surface area contributed by atoms with Gasteiger partial charge in [0.05, 0.1) is 17.2 Å². The minimum Gasteiger partial charge on any atom is -0.465 e. The van der Waals surface area contributed by atoms with Gasteiger partial charge in [-0.25, -0.2) is 9.59 Å². The molecule has 25 heavy (non-hydrogen) atoms. The SMILES string of the molecule is CCCCNC(=O)Nc1onc(-c2c(Cl)cccc2Cl)c1C(=O)OC. The number of amides is 2. The second-order valence-corrected chi connectivity index (χ2v) is 5.87. The third-order valence-electron chi connectivity index (χ3n) is 3.32. The van der Waals surface area contributed by atoms with E-state index in [1.54, 1.807) is 18.2 Å². The number of methoxy groups -OCH3 is 1. The highest BCUT2D eigenvalue weighted by Crippen LogP contribution is 2.38. The molecular weight excluding hydrogens is 369 g/mol. The average molecular weight is 386 g/mol. The molecule has 0 atom stereocenters. The Labute approximate surface area is 154 Å². The summed E-state index contributed by atoms with van der Waals surface area (Å²) in [5.41, 5.74) is 0.337. The van der Waals surface area contributed by atoms with Gasteiger partial charge in [-0.15, -0.1) is 0 Å². The molecule has 2 N–H and O–H groups in total. The number of carbonyl (C=O) groups excluding carboxylic acids is 2. The quantitative estimate of drug-likeness (QED) is 0.569. The number of nitrogens with zero attached hydrogens (tertiary/aromatic N) is 1. The van der Waals surface area contributed by atoms with Gasteiger partial charge in [-0.1, -0.05) is 47.8 Å². The van der Waals surface area contributed by atoms with E-state index in [-0.39, 0.29) is 27.2 Å². The Morgan fingerprint density at radius 1 is 1.28 bits per heavy atom. The number of halogens is 2. The Morgan fingerprint density at radius 3 is 2.56 bits per heavy atom. The van der Waals surface area contributed by atoms with Gasteiger partial charge >= 0.3 is 12.0 Å². The highest BCUT2D eigenvalue weighted by molar-refractivity contribution is 6.39. The highest BCUT2D eigenvalue weighted by Gasteiger charge is 2.28. The number of hydrogen-bond donors (Lipinski definition) is 2. The lowest BCUT2D eigenvalue weighted by molar-refractivity contribution is 0.0602. The van der Waals surface area contributed by atoms with E-state index in [0.29, 0.717) is 12.1 Å². The minimum absolute atomic E-state index is 0.0665. The molecule has 0 spiro atoms. The Morgan fingerprint density at radius 2 is 1.96 bits per heavy atom. The lowest BCUT2D eigenvalue weighted by Crippen LogP contribution is -2.29. The van der Waals surface area contributed by atoms with Crippen LogP contribution in [0.3, 0.4) is 0 Å². The molecule has 7 nitrogen and oxygen atoms in total. The van der Waals surface area contributed by atoms with Crippen LogP contribution in [-0.4, -0.2) is 30.8 Å². The van der Waals surface area contributed by atoms with Gasteiger partial charge in [0.15, 0.2) is 5.56 Å². The molecule has 0 aliphatic heterocycles. The van der Waals surface area contributed by atoms with Crippen molar-refractivity contribution in [1.82, 2.24) is 10.5 Å². The predicted molar refractivity (Wildman–Crippen MR) is 95.2 cm³/mol. The number of nitrogens with one attached hydrogen (secondary N) is 2. The van der Waals surface area contributed by atoms with Crippen LogP contribution in [0.1, 0.15) is 30.1 Å². The van der Waals surface area contributed by atoms with Crippen LogP contribution >= 0.6 is 23.2 Å². The van der Waals surface area contributed by atoms with E-state index in [2.05, 4.69) is 15.8 Å². The summed E-state index contributed by atoms with van der Waals surface area (Å²) in [6, 6.07) is 4.34. The first-order valence-corrected chi connectivity index (χ1v) is 8.32. The number of hydrogen-bond acceptors (Lipinski definition) is 5. The van der Waals surface area contributed by atoms with Gasteiger partial charge in [-0.2, -0.15) is 0 Å². The Hall–Kier alpha value is -2.25. The van der Waals surface area contributed by atoms with Gasteiger partial charge in [-0.05, 0) is 18.6 Å². The summed E-state index contributed by atoms with van der Waals surface area (Å²) in [5.74, 6) is -0.886. The summed E-state index contributed by atoms with van der Waals surface area (Å²) in [7, 11) is 1.21. The Balaban J connectivity index is 2.39. The molecule has 1 aromatic heterocycles. The maximum absolute atomic E-state index is 12.2. The van der Waals surface area contributed by atoms with E-state index < -0.39 is 12.0 Å². The lowest BCUT2D eigenvalue weighted by atomic mass is 10.1. The van der Waals surface area contributed by atoms with Crippen molar-refractivity contribution in [2.45, 2.75) is 19.8 Å². The topological polar surface area (TPSA) is 93.5 Å². The van der Waals surface area contributed by atoms with Crippen LogP contribution in [0.2, 0.25) is 10.0 Å². The fraction of sp³-hybridized carbons (Fsp3) is 0.312. The maximum atomic E-state index is 12.2. The number of unbranched alkanes of at least 4 members (excludes halogenated alkanes) is 1. The van der Waals surface area contributed by atoms with Gasteiger partial charge in [0.25, 0.3) is 0 Å².